The molecule has 0 fully saturated rings. The van der Waals surface area contributed by atoms with E-state index in [9.17, 15) is 9.59 Å². The number of hydrogen-bond acceptors (Lipinski definition) is 6. The van der Waals surface area contributed by atoms with Gasteiger partial charge in [0.2, 0.25) is 0 Å². The van der Waals surface area contributed by atoms with Crippen LogP contribution < -0.4 is 9.47 Å². The molecule has 1 aromatic rings. The van der Waals surface area contributed by atoms with Gasteiger partial charge in [0.1, 0.15) is 11.6 Å². The first kappa shape index (κ1) is 19.5. The number of carbonyl (C=O) groups excluding carboxylic acids is 2. The summed E-state index contributed by atoms with van der Waals surface area (Å²) in [5.41, 5.74) is 0.384. The van der Waals surface area contributed by atoms with Crippen molar-refractivity contribution in [2.75, 3.05) is 34.9 Å². The summed E-state index contributed by atoms with van der Waals surface area (Å²) in [5, 5.41) is 9.01. The molecule has 0 aliphatic rings. The van der Waals surface area contributed by atoms with E-state index in [1.54, 1.807) is 32.3 Å². The Kier molecular flexibility index (Phi) is 7.27. The molecule has 1 aromatic carbocycles. The van der Waals surface area contributed by atoms with Crippen LogP contribution in [0, 0.1) is 11.3 Å². The summed E-state index contributed by atoms with van der Waals surface area (Å²) in [4.78, 5) is 24.5. The Hall–Kier alpha value is -2.53. The van der Waals surface area contributed by atoms with E-state index < -0.39 is 5.97 Å². The predicted molar refractivity (Wildman–Crippen MR) is 90.5 cm³/mol. The third kappa shape index (κ3) is 4.99. The molecule has 0 aliphatic heterocycles. The molecule has 0 saturated heterocycles. The van der Waals surface area contributed by atoms with E-state index in [-0.39, 0.29) is 18.1 Å². The highest BCUT2D eigenvalue weighted by atomic mass is 79.9. The molecule has 0 saturated carbocycles. The van der Waals surface area contributed by atoms with Crippen molar-refractivity contribution >= 4 is 33.9 Å². The monoisotopic (exact) mass is 396 g/mol. The van der Waals surface area contributed by atoms with Gasteiger partial charge in [0.25, 0.3) is 5.91 Å². The molecule has 0 radical (unpaired) electrons. The molecule has 0 N–H and O–H groups in total. The van der Waals surface area contributed by atoms with Gasteiger partial charge >= 0.3 is 5.97 Å². The minimum Gasteiger partial charge on any atom is -0.493 e. The summed E-state index contributed by atoms with van der Waals surface area (Å²) in [5.74, 6) is -0.236. The zero-order chi connectivity index (χ0) is 18.3. The topological polar surface area (TPSA) is 88.9 Å². The zero-order valence-electron chi connectivity index (χ0n) is 13.8. The van der Waals surface area contributed by atoms with Gasteiger partial charge in [0.05, 0.1) is 18.7 Å². The summed E-state index contributed by atoms with van der Waals surface area (Å²) in [7, 11) is 5.90. The van der Waals surface area contributed by atoms with E-state index in [1.165, 1.54) is 25.2 Å². The quantitative estimate of drug-likeness (QED) is 0.415. The fourth-order valence-corrected chi connectivity index (χ4v) is 2.21. The van der Waals surface area contributed by atoms with Crippen molar-refractivity contribution in [2.24, 2.45) is 0 Å². The molecule has 1 amide bonds. The second-order valence-corrected chi connectivity index (χ2v) is 5.63. The van der Waals surface area contributed by atoms with Gasteiger partial charge in [-0.2, -0.15) is 5.26 Å². The number of hydrogen-bond donors (Lipinski definition) is 0. The molecule has 0 heterocycles. The van der Waals surface area contributed by atoms with E-state index in [0.717, 1.165) is 0 Å². The highest BCUT2D eigenvalue weighted by Crippen LogP contribution is 2.37. The molecule has 0 aromatic heterocycles. The molecule has 0 spiro atoms. The smallest absolute Gasteiger partial charge is 0.348 e. The Balaban J connectivity index is 3.16. The van der Waals surface area contributed by atoms with Gasteiger partial charge in [-0.25, -0.2) is 4.79 Å². The maximum atomic E-state index is 11.6. The van der Waals surface area contributed by atoms with Crippen LogP contribution in [0.5, 0.6) is 11.5 Å². The first-order valence-corrected chi connectivity index (χ1v) is 7.54. The molecule has 128 valence electrons. The fraction of sp³-hybridized carbons (Fsp3) is 0.312. The van der Waals surface area contributed by atoms with Crippen molar-refractivity contribution in [2.45, 2.75) is 0 Å². The van der Waals surface area contributed by atoms with Crippen LogP contribution in [0.25, 0.3) is 6.08 Å². The van der Waals surface area contributed by atoms with Crippen LogP contribution in [0.4, 0.5) is 0 Å². The second kappa shape index (κ2) is 8.93. The van der Waals surface area contributed by atoms with E-state index in [0.29, 0.717) is 21.5 Å². The summed E-state index contributed by atoms with van der Waals surface area (Å²) in [6, 6.07) is 5.00. The number of methoxy groups -OCH3 is 2. The summed E-state index contributed by atoms with van der Waals surface area (Å²) >= 11 is 3.33. The van der Waals surface area contributed by atoms with Crippen molar-refractivity contribution in [3.8, 4) is 17.6 Å². The molecule has 8 heteroatoms. The number of carbonyl (C=O) groups is 2. The largest absolute Gasteiger partial charge is 0.493 e. The van der Waals surface area contributed by atoms with Gasteiger partial charge in [-0.05, 0) is 39.7 Å². The van der Waals surface area contributed by atoms with Gasteiger partial charge in [-0.1, -0.05) is 0 Å². The predicted octanol–water partition coefficient (Wildman–Crippen LogP) is 2.00. The molecular formula is C16H17BrN2O5. The third-order valence-electron chi connectivity index (χ3n) is 2.93. The first-order chi connectivity index (χ1) is 11.3. The fourth-order valence-electron chi connectivity index (χ4n) is 1.64. The number of rotatable bonds is 6. The Bertz CT molecular complexity index is 707. The zero-order valence-corrected chi connectivity index (χ0v) is 15.3. The van der Waals surface area contributed by atoms with Crippen LogP contribution >= 0.6 is 15.9 Å². The molecule has 0 aliphatic carbocycles. The molecular weight excluding hydrogens is 380 g/mol. The van der Waals surface area contributed by atoms with Crippen LogP contribution in [0.3, 0.4) is 0 Å². The number of esters is 1. The lowest BCUT2D eigenvalue weighted by Gasteiger charge is -2.15. The van der Waals surface area contributed by atoms with Crippen LogP contribution in [0.1, 0.15) is 5.56 Å². The maximum absolute atomic E-state index is 11.6. The summed E-state index contributed by atoms with van der Waals surface area (Å²) in [6.07, 6.45) is 1.37. The van der Waals surface area contributed by atoms with Gasteiger partial charge in [-0.3, -0.25) is 4.79 Å². The Labute approximate surface area is 148 Å². The van der Waals surface area contributed by atoms with Crippen molar-refractivity contribution in [3.63, 3.8) is 0 Å². The molecule has 0 bridgehead atoms. The van der Waals surface area contributed by atoms with Crippen molar-refractivity contribution in [1.29, 1.82) is 5.26 Å². The van der Waals surface area contributed by atoms with E-state index in [1.807, 2.05) is 0 Å². The lowest BCUT2D eigenvalue weighted by atomic mass is 10.1. The summed E-state index contributed by atoms with van der Waals surface area (Å²) < 4.78 is 15.8. The highest BCUT2D eigenvalue weighted by molar-refractivity contribution is 9.10. The number of nitrogens with zero attached hydrogens (tertiary/aromatic N) is 2. The van der Waals surface area contributed by atoms with Crippen LogP contribution in [0.15, 0.2) is 22.2 Å². The lowest BCUT2D eigenvalue weighted by molar-refractivity contribution is -0.135. The van der Waals surface area contributed by atoms with Gasteiger partial charge in [0.15, 0.2) is 18.1 Å². The number of ether oxygens (including phenoxy) is 3. The standard InChI is InChI=1S/C16H17BrN2O5/c1-19(2)14(20)9-24-15-12(17)6-10(7-13(15)22-3)5-11(8-18)16(21)23-4/h5-7H,9H2,1-4H3/b11-5+. The Morgan fingerprint density at radius 2 is 2.00 bits per heavy atom. The van der Waals surface area contributed by atoms with E-state index >= 15 is 0 Å². The minimum absolute atomic E-state index is 0.150. The normalized spacial score (nSPS) is 10.6. The SMILES string of the molecule is COC(=O)/C(C#N)=C/c1cc(Br)c(OCC(=O)N(C)C)c(OC)c1. The maximum Gasteiger partial charge on any atom is 0.348 e. The molecule has 0 atom stereocenters. The Morgan fingerprint density at radius 1 is 1.33 bits per heavy atom. The molecule has 1 rings (SSSR count). The molecule has 7 nitrogen and oxygen atoms in total. The van der Waals surface area contributed by atoms with Crippen molar-refractivity contribution < 1.29 is 23.8 Å². The van der Waals surface area contributed by atoms with Crippen LogP contribution in [-0.2, 0) is 14.3 Å². The first-order valence-electron chi connectivity index (χ1n) is 6.74. The third-order valence-corrected chi connectivity index (χ3v) is 3.52. The number of likely N-dealkylation sites (N-methyl/N-ethyl adjacent to an activating group) is 1. The van der Waals surface area contributed by atoms with Crippen molar-refractivity contribution in [1.82, 2.24) is 4.90 Å². The number of nitriles is 1. The van der Waals surface area contributed by atoms with Crippen molar-refractivity contribution in [3.05, 3.63) is 27.7 Å². The number of benzene rings is 1. The van der Waals surface area contributed by atoms with E-state index in [4.69, 9.17) is 14.7 Å². The van der Waals surface area contributed by atoms with Gasteiger partial charge in [-0.15, -0.1) is 0 Å². The van der Waals surface area contributed by atoms with Gasteiger partial charge < -0.3 is 19.1 Å². The molecule has 0 unspecified atom stereocenters. The lowest BCUT2D eigenvalue weighted by Crippen LogP contribution is -2.27. The second-order valence-electron chi connectivity index (χ2n) is 4.77. The van der Waals surface area contributed by atoms with E-state index in [2.05, 4.69) is 20.7 Å². The molecule has 24 heavy (non-hydrogen) atoms. The Morgan fingerprint density at radius 3 is 2.50 bits per heavy atom. The van der Waals surface area contributed by atoms with Crippen LogP contribution in [-0.4, -0.2) is 51.7 Å². The van der Waals surface area contributed by atoms with Gasteiger partial charge in [0, 0.05) is 14.1 Å². The number of amides is 1. The average Bonchev–Trinajstić information content (AvgIpc) is 2.56. The van der Waals surface area contributed by atoms with Crippen LogP contribution in [0.2, 0.25) is 0 Å². The minimum atomic E-state index is -0.732. The summed E-state index contributed by atoms with van der Waals surface area (Å²) in [6.45, 7) is -0.150. The average molecular weight is 397 g/mol. The highest BCUT2D eigenvalue weighted by Gasteiger charge is 2.15. The number of halogens is 1.